The van der Waals surface area contributed by atoms with Crippen molar-refractivity contribution in [2.75, 3.05) is 46.0 Å². The van der Waals surface area contributed by atoms with E-state index >= 15 is 0 Å². The first kappa shape index (κ1) is 17.3. The number of nitrogens with zero attached hydrogens (tertiary/aromatic N) is 4. The van der Waals surface area contributed by atoms with Crippen LogP contribution in [-0.4, -0.2) is 77.3 Å². The van der Waals surface area contributed by atoms with Gasteiger partial charge in [0.25, 0.3) is 10.2 Å². The molecule has 1 aliphatic rings. The summed E-state index contributed by atoms with van der Waals surface area (Å²) in [7, 11) is 0. The molecule has 1 heterocycles. The van der Waals surface area contributed by atoms with Crippen molar-refractivity contribution in [1.82, 2.24) is 9.91 Å². The summed E-state index contributed by atoms with van der Waals surface area (Å²) in [4.78, 5) is 18.8. The average Bonchev–Trinajstić information content (AvgIpc) is 2.51. The lowest BCUT2D eigenvalue weighted by Crippen LogP contribution is -2.51. The third kappa shape index (κ3) is 6.48. The molecule has 1 fully saturated rings. The lowest BCUT2D eigenvalue weighted by atomic mass is 10.2. The standard InChI is InChI=1S/C12H25N4O5/c1-2-20-12(18)14-6-8-15(9-7-14)16(19)13-21-11-5-3-4-10-17/h17H,2-11H2,1H3,(H,13,19)/q+1. The summed E-state index contributed by atoms with van der Waals surface area (Å²) in [6.45, 7) is 4.50. The van der Waals surface area contributed by atoms with Gasteiger partial charge in [0, 0.05) is 19.7 Å². The first-order chi connectivity index (χ1) is 10.2. The molecule has 0 aromatic heterocycles. The predicted octanol–water partition coefficient (Wildman–Crippen LogP) is 0.624. The second kappa shape index (κ2) is 10.0. The number of piperazine rings is 1. The van der Waals surface area contributed by atoms with Crippen LogP contribution in [0.4, 0.5) is 4.79 Å². The molecule has 0 aliphatic carbocycles. The number of unbranched alkanes of at least 4 members (excludes halogenated alkanes) is 2. The quantitative estimate of drug-likeness (QED) is 0.295. The van der Waals surface area contributed by atoms with Crippen LogP contribution in [0.25, 0.3) is 0 Å². The molecular formula is C12H25N4O5+. The Balaban J connectivity index is 2.21. The van der Waals surface area contributed by atoms with Crippen molar-refractivity contribution in [3.05, 3.63) is 0 Å². The highest BCUT2D eigenvalue weighted by Gasteiger charge is 2.28. The molecular weight excluding hydrogens is 280 g/mol. The van der Waals surface area contributed by atoms with Crippen LogP contribution in [-0.2, 0) is 9.57 Å². The molecule has 0 unspecified atom stereocenters. The third-order valence-corrected chi connectivity index (χ3v) is 3.06. The molecule has 2 N–H and O–H groups in total. The molecule has 0 bridgehead atoms. The van der Waals surface area contributed by atoms with E-state index in [4.69, 9.17) is 14.7 Å². The Labute approximate surface area is 124 Å². The number of rotatable bonds is 8. The van der Waals surface area contributed by atoms with Crippen molar-refractivity contribution in [3.63, 3.8) is 0 Å². The molecule has 0 aromatic rings. The van der Waals surface area contributed by atoms with Crippen molar-refractivity contribution in [3.8, 4) is 0 Å². The summed E-state index contributed by atoms with van der Waals surface area (Å²) in [5, 5.41) is 23.5. The molecule has 9 heteroatoms. The van der Waals surface area contributed by atoms with E-state index in [1.807, 2.05) is 0 Å². The summed E-state index contributed by atoms with van der Waals surface area (Å²) in [5.74, 6) is 0. The van der Waals surface area contributed by atoms with Crippen molar-refractivity contribution < 1.29 is 29.7 Å². The molecule has 1 aliphatic heterocycles. The molecule has 0 atom stereocenters. The number of hydrogen-bond donors (Lipinski definition) is 2. The minimum atomic E-state index is -0.335. The molecule has 0 aromatic carbocycles. The van der Waals surface area contributed by atoms with E-state index in [1.165, 1.54) is 0 Å². The fourth-order valence-electron chi connectivity index (χ4n) is 1.87. The van der Waals surface area contributed by atoms with Crippen molar-refractivity contribution in [2.45, 2.75) is 26.2 Å². The van der Waals surface area contributed by atoms with Gasteiger partial charge in [-0.3, -0.25) is 0 Å². The normalized spacial score (nSPS) is 16.0. The molecule has 122 valence electrons. The van der Waals surface area contributed by atoms with Crippen LogP contribution in [0.3, 0.4) is 0 Å². The lowest BCUT2D eigenvalue weighted by molar-refractivity contribution is -0.942. The molecule has 9 nitrogen and oxygen atoms in total. The fraction of sp³-hybridized carbons (Fsp3) is 0.917. The number of amides is 1. The Kier molecular flexibility index (Phi) is 8.25. The zero-order chi connectivity index (χ0) is 15.5. The summed E-state index contributed by atoms with van der Waals surface area (Å²) in [6, 6.07) is 0. The molecule has 1 amide bonds. The van der Waals surface area contributed by atoms with Gasteiger partial charge in [-0.1, -0.05) is 0 Å². The highest BCUT2D eigenvalue weighted by Crippen LogP contribution is 2.04. The van der Waals surface area contributed by atoms with E-state index in [1.54, 1.807) is 16.8 Å². The van der Waals surface area contributed by atoms with Crippen molar-refractivity contribution >= 4 is 6.09 Å². The van der Waals surface area contributed by atoms with Crippen LogP contribution in [0.1, 0.15) is 26.2 Å². The van der Waals surface area contributed by atoms with Gasteiger partial charge in [0.15, 0.2) is 0 Å². The zero-order valence-electron chi connectivity index (χ0n) is 12.5. The minimum Gasteiger partial charge on any atom is -0.450 e. The summed E-state index contributed by atoms with van der Waals surface area (Å²) >= 11 is 0. The molecule has 1 saturated heterocycles. The average molecular weight is 305 g/mol. The van der Waals surface area contributed by atoms with E-state index in [0.717, 1.165) is 19.3 Å². The van der Waals surface area contributed by atoms with Crippen LogP contribution in [0.2, 0.25) is 0 Å². The number of ether oxygens (including phenoxy) is 1. The van der Waals surface area contributed by atoms with Crippen LogP contribution < -0.4 is 0 Å². The summed E-state index contributed by atoms with van der Waals surface area (Å²) in [5.41, 5.74) is 0. The van der Waals surface area contributed by atoms with Gasteiger partial charge in [-0.15, -0.1) is 5.01 Å². The van der Waals surface area contributed by atoms with E-state index in [9.17, 15) is 10.0 Å². The number of carbonyl (C=O) groups is 1. The van der Waals surface area contributed by atoms with Gasteiger partial charge < -0.3 is 19.6 Å². The Morgan fingerprint density at radius 3 is 2.57 bits per heavy atom. The zero-order valence-corrected chi connectivity index (χ0v) is 12.5. The van der Waals surface area contributed by atoms with Gasteiger partial charge >= 0.3 is 6.09 Å². The van der Waals surface area contributed by atoms with Gasteiger partial charge in [0.2, 0.25) is 0 Å². The maximum atomic E-state index is 11.5. The number of aliphatic hydroxyl groups excluding tert-OH is 1. The second-order valence-electron chi connectivity index (χ2n) is 4.61. The van der Waals surface area contributed by atoms with E-state index in [2.05, 4.69) is 5.28 Å². The molecule has 0 saturated carbocycles. The van der Waals surface area contributed by atoms with E-state index in [-0.39, 0.29) is 12.7 Å². The van der Waals surface area contributed by atoms with Crippen LogP contribution >= 0.6 is 0 Å². The Bertz CT molecular complexity index is 332. The molecule has 1 rings (SSSR count). The summed E-state index contributed by atoms with van der Waals surface area (Å²) in [6.07, 6.45) is 2.03. The van der Waals surface area contributed by atoms with Gasteiger partial charge in [-0.05, 0) is 26.2 Å². The molecule has 0 spiro atoms. The minimum absolute atomic E-state index is 0.175. The number of aliphatic hydroxyl groups is 1. The van der Waals surface area contributed by atoms with Crippen LogP contribution in [0, 0.1) is 0 Å². The highest BCUT2D eigenvalue weighted by molar-refractivity contribution is 5.67. The fourth-order valence-corrected chi connectivity index (χ4v) is 1.87. The summed E-state index contributed by atoms with van der Waals surface area (Å²) < 4.78 is 4.92. The Morgan fingerprint density at radius 1 is 1.24 bits per heavy atom. The molecule has 21 heavy (non-hydrogen) atoms. The van der Waals surface area contributed by atoms with Gasteiger partial charge in [-0.2, -0.15) is 0 Å². The van der Waals surface area contributed by atoms with Gasteiger partial charge in [0.05, 0.1) is 19.7 Å². The van der Waals surface area contributed by atoms with Crippen molar-refractivity contribution in [2.24, 2.45) is 5.28 Å². The smallest absolute Gasteiger partial charge is 0.409 e. The Hall–Kier alpha value is -1.77. The first-order valence-electron chi connectivity index (χ1n) is 7.28. The van der Waals surface area contributed by atoms with Crippen molar-refractivity contribution in [1.29, 1.82) is 0 Å². The molecule has 0 radical (unpaired) electrons. The number of hydrogen-bond acceptors (Lipinski definition) is 5. The van der Waals surface area contributed by atoms with E-state index < -0.39 is 0 Å². The second-order valence-corrected chi connectivity index (χ2v) is 4.61. The Morgan fingerprint density at radius 2 is 1.95 bits per heavy atom. The highest BCUT2D eigenvalue weighted by atomic mass is 16.7. The monoisotopic (exact) mass is 305 g/mol. The maximum Gasteiger partial charge on any atom is 0.409 e. The van der Waals surface area contributed by atoms with Gasteiger partial charge in [-0.25, -0.2) is 10.0 Å². The predicted molar refractivity (Wildman–Crippen MR) is 71.5 cm³/mol. The van der Waals surface area contributed by atoms with Crippen LogP contribution in [0.5, 0.6) is 0 Å². The largest absolute Gasteiger partial charge is 0.450 e. The first-order valence-corrected chi connectivity index (χ1v) is 7.28. The van der Waals surface area contributed by atoms with Gasteiger partial charge in [0.1, 0.15) is 6.61 Å². The van der Waals surface area contributed by atoms with Crippen LogP contribution in [0.15, 0.2) is 5.28 Å². The topological polar surface area (TPSA) is 97.8 Å². The third-order valence-electron chi connectivity index (χ3n) is 3.06. The lowest BCUT2D eigenvalue weighted by Gasteiger charge is -2.28. The maximum absolute atomic E-state index is 11.5. The number of hydrazine groups is 1. The number of carbonyl (C=O) groups excluding carboxylic acids is 1. The van der Waals surface area contributed by atoms with E-state index in [0.29, 0.717) is 44.4 Å². The SMILES string of the molecule is CCOC(=O)N1CCN(/[N+](O)=N/OCCCCCO)CC1.